The number of nitrogens with one attached hydrogen (secondary N) is 1. The molecule has 0 spiro atoms. The van der Waals surface area contributed by atoms with Gasteiger partial charge in [0.25, 0.3) is 0 Å². The van der Waals surface area contributed by atoms with Crippen LogP contribution in [0, 0.1) is 6.92 Å². The fraction of sp³-hybridized carbons (Fsp3) is 0.278. The maximum Gasteiger partial charge on any atom is 0.238 e. The Labute approximate surface area is 142 Å². The van der Waals surface area contributed by atoms with Gasteiger partial charge in [0.15, 0.2) is 0 Å². The van der Waals surface area contributed by atoms with Crippen LogP contribution in [0.3, 0.4) is 0 Å². The van der Waals surface area contributed by atoms with Crippen LogP contribution in [0.25, 0.3) is 0 Å². The van der Waals surface area contributed by atoms with Gasteiger partial charge in [-0.25, -0.2) is 0 Å². The number of ether oxygens (including phenoxy) is 1. The van der Waals surface area contributed by atoms with Gasteiger partial charge in [-0.15, -0.1) is 0 Å². The van der Waals surface area contributed by atoms with Crippen LogP contribution in [0.1, 0.15) is 11.1 Å². The van der Waals surface area contributed by atoms with Crippen molar-refractivity contribution >= 4 is 23.2 Å². The van der Waals surface area contributed by atoms with E-state index in [9.17, 15) is 4.79 Å². The molecular formula is C18H21ClN2O2. The maximum atomic E-state index is 12.2. The molecule has 0 heterocycles. The van der Waals surface area contributed by atoms with Crippen molar-refractivity contribution in [3.63, 3.8) is 0 Å². The Balaban J connectivity index is 1.97. The van der Waals surface area contributed by atoms with Crippen LogP contribution in [0.4, 0.5) is 5.69 Å². The summed E-state index contributed by atoms with van der Waals surface area (Å²) in [4.78, 5) is 14.2. The first-order valence-electron chi connectivity index (χ1n) is 7.36. The van der Waals surface area contributed by atoms with Crippen molar-refractivity contribution in [1.29, 1.82) is 0 Å². The lowest BCUT2D eigenvalue weighted by molar-refractivity contribution is -0.117. The second kappa shape index (κ2) is 7.99. The maximum absolute atomic E-state index is 12.2. The highest BCUT2D eigenvalue weighted by Gasteiger charge is 2.11. The van der Waals surface area contributed by atoms with E-state index in [1.165, 1.54) is 11.1 Å². The fourth-order valence-electron chi connectivity index (χ4n) is 2.35. The van der Waals surface area contributed by atoms with Crippen molar-refractivity contribution in [3.05, 3.63) is 58.6 Å². The molecule has 2 rings (SSSR count). The smallest absolute Gasteiger partial charge is 0.238 e. The second-order valence-corrected chi connectivity index (χ2v) is 5.93. The van der Waals surface area contributed by atoms with Crippen LogP contribution < -0.4 is 10.1 Å². The van der Waals surface area contributed by atoms with E-state index >= 15 is 0 Å². The predicted octanol–water partition coefficient (Wildman–Crippen LogP) is 3.73. The minimum Gasteiger partial charge on any atom is -0.495 e. The molecule has 0 saturated heterocycles. The molecule has 0 aliphatic heterocycles. The molecule has 1 amide bonds. The zero-order valence-corrected chi connectivity index (χ0v) is 14.4. The number of rotatable bonds is 6. The van der Waals surface area contributed by atoms with Crippen LogP contribution in [-0.2, 0) is 11.3 Å². The van der Waals surface area contributed by atoms with Crippen molar-refractivity contribution in [2.24, 2.45) is 0 Å². The minimum atomic E-state index is -0.110. The van der Waals surface area contributed by atoms with Gasteiger partial charge in [0.05, 0.1) is 19.3 Å². The lowest BCUT2D eigenvalue weighted by atomic mass is 10.1. The molecule has 2 aromatic carbocycles. The number of methoxy groups -OCH3 is 1. The molecule has 0 radical (unpaired) electrons. The Morgan fingerprint density at radius 2 is 2.00 bits per heavy atom. The van der Waals surface area contributed by atoms with Gasteiger partial charge >= 0.3 is 0 Å². The molecule has 0 unspecified atom stereocenters. The molecule has 0 aliphatic carbocycles. The molecule has 0 fully saturated rings. The summed E-state index contributed by atoms with van der Waals surface area (Å²) in [6.45, 7) is 3.07. The minimum absolute atomic E-state index is 0.110. The normalized spacial score (nSPS) is 10.7. The number of halogens is 1. The zero-order chi connectivity index (χ0) is 16.8. The van der Waals surface area contributed by atoms with Crippen LogP contribution >= 0.6 is 11.6 Å². The van der Waals surface area contributed by atoms with Crippen LogP contribution in [0.5, 0.6) is 5.75 Å². The highest BCUT2D eigenvalue weighted by molar-refractivity contribution is 6.31. The van der Waals surface area contributed by atoms with Crippen molar-refractivity contribution in [1.82, 2.24) is 4.90 Å². The number of aryl methyl sites for hydroxylation is 1. The largest absolute Gasteiger partial charge is 0.495 e. The lowest BCUT2D eigenvalue weighted by Gasteiger charge is -2.18. The predicted molar refractivity (Wildman–Crippen MR) is 94.1 cm³/mol. The molecule has 0 aliphatic rings. The fourth-order valence-corrected chi connectivity index (χ4v) is 2.52. The first-order valence-corrected chi connectivity index (χ1v) is 7.74. The molecule has 1 N–H and O–H groups in total. The molecule has 122 valence electrons. The molecular weight excluding hydrogens is 312 g/mol. The van der Waals surface area contributed by atoms with Gasteiger partial charge in [-0.1, -0.05) is 35.9 Å². The summed E-state index contributed by atoms with van der Waals surface area (Å²) >= 11 is 5.97. The third kappa shape index (κ3) is 4.98. The van der Waals surface area contributed by atoms with E-state index < -0.39 is 0 Å². The highest BCUT2D eigenvalue weighted by atomic mass is 35.5. The van der Waals surface area contributed by atoms with Gasteiger partial charge in [-0.3, -0.25) is 9.69 Å². The number of nitrogens with zero attached hydrogens (tertiary/aromatic N) is 1. The zero-order valence-electron chi connectivity index (χ0n) is 13.6. The second-order valence-electron chi connectivity index (χ2n) is 5.49. The molecule has 0 aromatic heterocycles. The van der Waals surface area contributed by atoms with Crippen LogP contribution in [-0.4, -0.2) is 31.5 Å². The third-order valence-electron chi connectivity index (χ3n) is 3.55. The number of carbonyl (C=O) groups excluding carboxylic acids is 1. The Hall–Kier alpha value is -2.04. The van der Waals surface area contributed by atoms with E-state index in [1.54, 1.807) is 25.3 Å². The molecule has 0 bridgehead atoms. The summed E-state index contributed by atoms with van der Waals surface area (Å²) in [6.07, 6.45) is 0. The Bertz CT molecular complexity index is 688. The average molecular weight is 333 g/mol. The SMILES string of the molecule is COc1ccc(Cl)cc1NC(=O)CN(C)Cc1ccccc1C. The van der Waals surface area contributed by atoms with E-state index in [2.05, 4.69) is 24.4 Å². The number of anilines is 1. The van der Waals surface area contributed by atoms with Gasteiger partial charge in [0.1, 0.15) is 5.75 Å². The number of amides is 1. The van der Waals surface area contributed by atoms with E-state index in [0.29, 0.717) is 23.0 Å². The third-order valence-corrected chi connectivity index (χ3v) is 3.79. The van der Waals surface area contributed by atoms with E-state index in [1.807, 2.05) is 24.1 Å². The molecule has 4 nitrogen and oxygen atoms in total. The quantitative estimate of drug-likeness (QED) is 0.876. The average Bonchev–Trinajstić information content (AvgIpc) is 2.49. The topological polar surface area (TPSA) is 41.6 Å². The summed E-state index contributed by atoms with van der Waals surface area (Å²) in [5.74, 6) is 0.478. The molecule has 2 aromatic rings. The standard InChI is InChI=1S/C18H21ClN2O2/c1-13-6-4-5-7-14(13)11-21(2)12-18(22)20-16-10-15(19)8-9-17(16)23-3/h4-10H,11-12H2,1-3H3,(H,20,22). The van der Waals surface area contributed by atoms with Gasteiger partial charge in [0, 0.05) is 11.6 Å². The monoisotopic (exact) mass is 332 g/mol. The molecule has 0 saturated carbocycles. The van der Waals surface area contributed by atoms with Crippen molar-refractivity contribution in [2.45, 2.75) is 13.5 Å². The van der Waals surface area contributed by atoms with Gasteiger partial charge in [-0.05, 0) is 43.3 Å². The van der Waals surface area contributed by atoms with E-state index in [-0.39, 0.29) is 12.5 Å². The Kier molecular flexibility index (Phi) is 6.02. The number of hydrogen-bond acceptors (Lipinski definition) is 3. The Morgan fingerprint density at radius 3 is 2.70 bits per heavy atom. The molecule has 0 atom stereocenters. The highest BCUT2D eigenvalue weighted by Crippen LogP contribution is 2.27. The van der Waals surface area contributed by atoms with Gasteiger partial charge in [0.2, 0.25) is 5.91 Å². The summed E-state index contributed by atoms with van der Waals surface area (Å²) < 4.78 is 5.23. The van der Waals surface area contributed by atoms with Gasteiger partial charge in [-0.2, -0.15) is 0 Å². The number of likely N-dealkylation sites (N-methyl/N-ethyl adjacent to an activating group) is 1. The Morgan fingerprint density at radius 1 is 1.26 bits per heavy atom. The number of carbonyl (C=O) groups is 1. The van der Waals surface area contributed by atoms with E-state index in [4.69, 9.17) is 16.3 Å². The summed E-state index contributed by atoms with van der Waals surface area (Å²) in [7, 11) is 3.48. The van der Waals surface area contributed by atoms with Crippen molar-refractivity contribution in [2.75, 3.05) is 26.0 Å². The summed E-state index contributed by atoms with van der Waals surface area (Å²) in [5, 5.41) is 3.39. The first-order chi connectivity index (χ1) is 11.0. The summed E-state index contributed by atoms with van der Waals surface area (Å²) in [5.41, 5.74) is 3.01. The molecule has 23 heavy (non-hydrogen) atoms. The van der Waals surface area contributed by atoms with E-state index in [0.717, 1.165) is 0 Å². The van der Waals surface area contributed by atoms with Gasteiger partial charge < -0.3 is 10.1 Å². The number of hydrogen-bond donors (Lipinski definition) is 1. The number of benzene rings is 2. The molecule has 5 heteroatoms. The first kappa shape index (κ1) is 17.3. The van der Waals surface area contributed by atoms with Crippen molar-refractivity contribution < 1.29 is 9.53 Å². The lowest BCUT2D eigenvalue weighted by Crippen LogP contribution is -2.30. The van der Waals surface area contributed by atoms with Crippen LogP contribution in [0.15, 0.2) is 42.5 Å². The summed E-state index contributed by atoms with van der Waals surface area (Å²) in [6, 6.07) is 13.3. The van der Waals surface area contributed by atoms with Crippen LogP contribution in [0.2, 0.25) is 5.02 Å². The van der Waals surface area contributed by atoms with Crippen molar-refractivity contribution in [3.8, 4) is 5.75 Å².